The van der Waals surface area contributed by atoms with Crippen LogP contribution in [-0.4, -0.2) is 24.9 Å². The van der Waals surface area contributed by atoms with Crippen LogP contribution in [0.5, 0.6) is 0 Å². The van der Waals surface area contributed by atoms with Gasteiger partial charge in [0.2, 0.25) is 11.7 Å². The van der Waals surface area contributed by atoms with Gasteiger partial charge in [-0.25, -0.2) is 0 Å². The maximum atomic E-state index is 5.36. The molecule has 2 fully saturated rings. The zero-order valence-electron chi connectivity index (χ0n) is 12.4. The topological polar surface area (TPSA) is 69.6 Å². The minimum Gasteiger partial charge on any atom is -0.338 e. The molecule has 3 heterocycles. The highest BCUT2D eigenvalue weighted by Crippen LogP contribution is 2.46. The molecule has 0 bridgehead atoms. The van der Waals surface area contributed by atoms with Crippen molar-refractivity contribution in [2.24, 2.45) is 0 Å². The number of thiophene rings is 1. The standard InChI is InChI=1S/C15H15N5OS2/c1-2-9(1)14-17-18-15(20(14)11-3-4-11)23-8-12-16-13(19-21-12)10-5-6-22-7-10/h5-7,9,11H,1-4,8H2. The zero-order chi connectivity index (χ0) is 15.2. The SMILES string of the molecule is c1cc(-c2noc(CSc3nnc(C4CC4)n3C3CC3)n2)cs1. The zero-order valence-corrected chi connectivity index (χ0v) is 14.0. The molecule has 0 unspecified atom stereocenters. The second-order valence-corrected chi connectivity index (χ2v) is 7.75. The minimum absolute atomic E-state index is 0.604. The van der Waals surface area contributed by atoms with Crippen LogP contribution in [0, 0.1) is 0 Å². The van der Waals surface area contributed by atoms with Crippen LogP contribution in [0.1, 0.15) is 49.4 Å². The summed E-state index contributed by atoms with van der Waals surface area (Å²) < 4.78 is 7.70. The quantitative estimate of drug-likeness (QED) is 0.631. The third kappa shape index (κ3) is 2.70. The second kappa shape index (κ2) is 5.45. The first-order valence-corrected chi connectivity index (χ1v) is 9.74. The van der Waals surface area contributed by atoms with Gasteiger partial charge in [-0.05, 0) is 37.1 Å². The third-order valence-electron chi connectivity index (χ3n) is 4.12. The summed E-state index contributed by atoms with van der Waals surface area (Å²) in [5.74, 6) is 3.73. The summed E-state index contributed by atoms with van der Waals surface area (Å²) in [6, 6.07) is 2.60. The van der Waals surface area contributed by atoms with Crippen LogP contribution >= 0.6 is 23.1 Å². The molecule has 2 aliphatic carbocycles. The number of aromatic nitrogens is 5. The van der Waals surface area contributed by atoms with Gasteiger partial charge >= 0.3 is 0 Å². The fraction of sp³-hybridized carbons (Fsp3) is 0.467. The van der Waals surface area contributed by atoms with Gasteiger partial charge in [-0.1, -0.05) is 16.9 Å². The lowest BCUT2D eigenvalue weighted by molar-refractivity contribution is 0.391. The van der Waals surface area contributed by atoms with Crippen LogP contribution in [0.4, 0.5) is 0 Å². The maximum Gasteiger partial charge on any atom is 0.237 e. The molecule has 0 atom stereocenters. The fourth-order valence-corrected chi connectivity index (χ4v) is 4.12. The Hall–Kier alpha value is -1.67. The molecule has 0 saturated heterocycles. The van der Waals surface area contributed by atoms with Gasteiger partial charge in [-0.15, -0.1) is 10.2 Å². The molecule has 2 saturated carbocycles. The van der Waals surface area contributed by atoms with Crippen LogP contribution in [0.3, 0.4) is 0 Å². The lowest BCUT2D eigenvalue weighted by Crippen LogP contribution is -2.01. The highest BCUT2D eigenvalue weighted by atomic mass is 32.2. The van der Waals surface area contributed by atoms with E-state index < -0.39 is 0 Å². The molecular weight excluding hydrogens is 330 g/mol. The van der Waals surface area contributed by atoms with E-state index in [1.165, 1.54) is 31.5 Å². The third-order valence-corrected chi connectivity index (χ3v) is 5.73. The minimum atomic E-state index is 0.604. The molecule has 0 aliphatic heterocycles. The molecule has 3 aromatic rings. The molecule has 0 radical (unpaired) electrons. The van der Waals surface area contributed by atoms with E-state index in [-0.39, 0.29) is 0 Å². The van der Waals surface area contributed by atoms with E-state index in [1.54, 1.807) is 23.1 Å². The van der Waals surface area contributed by atoms with Gasteiger partial charge in [0.1, 0.15) is 5.82 Å². The van der Waals surface area contributed by atoms with Crippen molar-refractivity contribution >= 4 is 23.1 Å². The Kier molecular flexibility index (Phi) is 3.26. The molecule has 118 valence electrons. The van der Waals surface area contributed by atoms with E-state index in [9.17, 15) is 0 Å². The highest BCUT2D eigenvalue weighted by molar-refractivity contribution is 7.98. The van der Waals surface area contributed by atoms with Crippen LogP contribution in [-0.2, 0) is 5.75 Å². The van der Waals surface area contributed by atoms with E-state index in [4.69, 9.17) is 4.52 Å². The molecule has 8 heteroatoms. The van der Waals surface area contributed by atoms with Gasteiger partial charge in [0.25, 0.3) is 0 Å². The first-order chi connectivity index (χ1) is 11.4. The first-order valence-electron chi connectivity index (χ1n) is 7.81. The summed E-state index contributed by atoms with van der Waals surface area (Å²) in [6.45, 7) is 0. The Bertz CT molecular complexity index is 817. The van der Waals surface area contributed by atoms with E-state index >= 15 is 0 Å². The summed E-state index contributed by atoms with van der Waals surface area (Å²) >= 11 is 3.27. The van der Waals surface area contributed by atoms with Crippen LogP contribution < -0.4 is 0 Å². The Balaban J connectivity index is 1.33. The van der Waals surface area contributed by atoms with E-state index in [0.29, 0.717) is 29.4 Å². The van der Waals surface area contributed by atoms with Gasteiger partial charge in [-0.2, -0.15) is 16.3 Å². The summed E-state index contributed by atoms with van der Waals surface area (Å²) in [6.07, 6.45) is 4.99. The molecule has 3 aromatic heterocycles. The normalized spacial score (nSPS) is 17.7. The summed E-state index contributed by atoms with van der Waals surface area (Å²) in [5.41, 5.74) is 1.01. The van der Waals surface area contributed by atoms with Crippen molar-refractivity contribution < 1.29 is 4.52 Å². The molecule has 0 aromatic carbocycles. The van der Waals surface area contributed by atoms with Crippen LogP contribution in [0.25, 0.3) is 11.4 Å². The number of rotatable bonds is 6. The van der Waals surface area contributed by atoms with Crippen LogP contribution in [0.2, 0.25) is 0 Å². The molecule has 0 spiro atoms. The lowest BCUT2D eigenvalue weighted by atomic mass is 10.3. The van der Waals surface area contributed by atoms with Crippen molar-refractivity contribution in [3.8, 4) is 11.4 Å². The summed E-state index contributed by atoms with van der Waals surface area (Å²) in [5, 5.41) is 17.9. The maximum absolute atomic E-state index is 5.36. The average Bonchev–Trinajstić information content (AvgIpc) is 3.43. The van der Waals surface area contributed by atoms with Crippen LogP contribution in [0.15, 0.2) is 26.5 Å². The largest absolute Gasteiger partial charge is 0.338 e. The molecule has 6 nitrogen and oxygen atoms in total. The molecule has 2 aliphatic rings. The predicted molar refractivity (Wildman–Crippen MR) is 87.4 cm³/mol. The van der Waals surface area contributed by atoms with Gasteiger partial charge in [0.05, 0.1) is 5.75 Å². The average molecular weight is 345 g/mol. The van der Waals surface area contributed by atoms with Crippen molar-refractivity contribution in [3.63, 3.8) is 0 Å². The van der Waals surface area contributed by atoms with Gasteiger partial charge in [-0.3, -0.25) is 0 Å². The van der Waals surface area contributed by atoms with E-state index in [0.717, 1.165) is 10.7 Å². The Morgan fingerprint density at radius 3 is 2.91 bits per heavy atom. The molecule has 23 heavy (non-hydrogen) atoms. The van der Waals surface area contributed by atoms with Gasteiger partial charge in [0.15, 0.2) is 5.16 Å². The number of thioether (sulfide) groups is 1. The number of nitrogens with zero attached hydrogens (tertiary/aromatic N) is 5. The second-order valence-electron chi connectivity index (χ2n) is 6.03. The van der Waals surface area contributed by atoms with Crippen molar-refractivity contribution in [2.45, 2.75) is 48.6 Å². The Morgan fingerprint density at radius 2 is 2.17 bits per heavy atom. The number of hydrogen-bond acceptors (Lipinski definition) is 7. The van der Waals surface area contributed by atoms with Crippen molar-refractivity contribution in [3.05, 3.63) is 28.5 Å². The Morgan fingerprint density at radius 1 is 1.26 bits per heavy atom. The fourth-order valence-electron chi connectivity index (χ4n) is 2.63. The van der Waals surface area contributed by atoms with Gasteiger partial charge < -0.3 is 9.09 Å². The van der Waals surface area contributed by atoms with E-state index in [1.807, 2.05) is 16.8 Å². The molecular formula is C15H15N5OS2. The van der Waals surface area contributed by atoms with Gasteiger partial charge in [0, 0.05) is 22.9 Å². The first kappa shape index (κ1) is 13.7. The summed E-state index contributed by atoms with van der Waals surface area (Å²) in [4.78, 5) is 4.46. The lowest BCUT2D eigenvalue weighted by Gasteiger charge is -2.06. The molecule has 0 N–H and O–H groups in total. The predicted octanol–water partition coefficient (Wildman–Crippen LogP) is 3.89. The molecule has 5 rings (SSSR count). The highest BCUT2D eigenvalue weighted by Gasteiger charge is 2.36. The molecule has 0 amide bonds. The van der Waals surface area contributed by atoms with E-state index in [2.05, 4.69) is 24.9 Å². The van der Waals surface area contributed by atoms with Crippen molar-refractivity contribution in [1.29, 1.82) is 0 Å². The number of hydrogen-bond donors (Lipinski definition) is 0. The van der Waals surface area contributed by atoms with Crippen molar-refractivity contribution in [2.75, 3.05) is 0 Å². The Labute approximate surface area is 141 Å². The van der Waals surface area contributed by atoms with Crippen molar-refractivity contribution in [1.82, 2.24) is 24.9 Å². The summed E-state index contributed by atoms with van der Waals surface area (Å²) in [7, 11) is 0. The monoisotopic (exact) mass is 345 g/mol. The smallest absolute Gasteiger partial charge is 0.237 e.